The second kappa shape index (κ2) is 5.54. The van der Waals surface area contributed by atoms with Crippen LogP contribution in [0.5, 0.6) is 5.75 Å². The van der Waals surface area contributed by atoms with Crippen LogP contribution in [0, 0.1) is 0 Å². The quantitative estimate of drug-likeness (QED) is 0.815. The first-order chi connectivity index (χ1) is 9.33. The van der Waals surface area contributed by atoms with Crippen LogP contribution >= 0.6 is 0 Å². The molecule has 2 heteroatoms. The van der Waals surface area contributed by atoms with E-state index in [1.54, 1.807) is 7.11 Å². The summed E-state index contributed by atoms with van der Waals surface area (Å²) in [5, 5.41) is 0. The van der Waals surface area contributed by atoms with Crippen molar-refractivity contribution in [3.05, 3.63) is 29.8 Å². The minimum Gasteiger partial charge on any atom is -0.497 e. The Hall–Kier alpha value is -1.02. The van der Waals surface area contributed by atoms with Crippen molar-refractivity contribution in [2.75, 3.05) is 13.7 Å². The maximum Gasteiger partial charge on any atom is 0.119 e. The summed E-state index contributed by atoms with van der Waals surface area (Å²) in [5.74, 6) is 1.71. The number of rotatable bonds is 4. The average molecular weight is 259 g/mol. The van der Waals surface area contributed by atoms with E-state index in [0.29, 0.717) is 5.92 Å². The Kier molecular flexibility index (Phi) is 3.79. The molecule has 104 valence electrons. The zero-order valence-corrected chi connectivity index (χ0v) is 12.1. The highest BCUT2D eigenvalue weighted by molar-refractivity contribution is 5.32. The van der Waals surface area contributed by atoms with Crippen molar-refractivity contribution < 1.29 is 4.74 Å². The molecule has 3 unspecified atom stereocenters. The standard InChI is InChI=1S/C17H25NO/c1-3-11-18-14-7-9-16(17(18)10-8-14)13-5-4-6-15(12-13)19-2/h4-6,12,14,16-17H,3,7-11H2,1-2H3. The van der Waals surface area contributed by atoms with Crippen molar-refractivity contribution in [3.8, 4) is 5.75 Å². The van der Waals surface area contributed by atoms with Gasteiger partial charge in [-0.05, 0) is 62.3 Å². The minimum atomic E-state index is 0.709. The second-order valence-electron chi connectivity index (χ2n) is 6.00. The van der Waals surface area contributed by atoms with E-state index in [4.69, 9.17) is 4.74 Å². The number of hydrogen-bond acceptors (Lipinski definition) is 2. The summed E-state index contributed by atoms with van der Waals surface area (Å²) in [7, 11) is 1.76. The summed E-state index contributed by atoms with van der Waals surface area (Å²) in [5.41, 5.74) is 1.48. The normalized spacial score (nSPS) is 30.5. The smallest absolute Gasteiger partial charge is 0.119 e. The molecular weight excluding hydrogens is 234 g/mol. The lowest BCUT2D eigenvalue weighted by Crippen LogP contribution is -2.44. The van der Waals surface area contributed by atoms with Gasteiger partial charge in [0.1, 0.15) is 5.75 Å². The van der Waals surface area contributed by atoms with E-state index in [1.807, 2.05) is 6.07 Å². The summed E-state index contributed by atoms with van der Waals surface area (Å²) in [6.45, 7) is 3.57. The van der Waals surface area contributed by atoms with Crippen molar-refractivity contribution in [2.45, 2.75) is 57.0 Å². The molecule has 19 heavy (non-hydrogen) atoms. The van der Waals surface area contributed by atoms with E-state index < -0.39 is 0 Å². The van der Waals surface area contributed by atoms with Gasteiger partial charge >= 0.3 is 0 Å². The molecule has 2 aliphatic heterocycles. The lowest BCUT2D eigenvalue weighted by Gasteiger charge is -2.40. The molecule has 0 saturated carbocycles. The molecule has 0 radical (unpaired) electrons. The van der Waals surface area contributed by atoms with Crippen LogP contribution in [-0.2, 0) is 0 Å². The van der Waals surface area contributed by atoms with Gasteiger partial charge in [-0.1, -0.05) is 19.1 Å². The van der Waals surface area contributed by atoms with Crippen molar-refractivity contribution in [3.63, 3.8) is 0 Å². The van der Waals surface area contributed by atoms with Crippen LogP contribution < -0.4 is 4.74 Å². The van der Waals surface area contributed by atoms with Gasteiger partial charge in [0.25, 0.3) is 0 Å². The largest absolute Gasteiger partial charge is 0.497 e. The van der Waals surface area contributed by atoms with E-state index in [1.165, 1.54) is 44.2 Å². The molecule has 0 N–H and O–H groups in total. The summed E-state index contributed by atoms with van der Waals surface area (Å²) in [4.78, 5) is 2.79. The van der Waals surface area contributed by atoms with Crippen molar-refractivity contribution in [1.82, 2.24) is 4.90 Å². The fourth-order valence-corrected chi connectivity index (χ4v) is 4.14. The number of methoxy groups -OCH3 is 1. The molecule has 2 nitrogen and oxygen atoms in total. The van der Waals surface area contributed by atoms with Gasteiger partial charge in [-0.25, -0.2) is 0 Å². The number of piperidine rings is 1. The summed E-state index contributed by atoms with van der Waals surface area (Å²) < 4.78 is 5.39. The zero-order valence-electron chi connectivity index (χ0n) is 12.1. The molecule has 0 spiro atoms. The molecule has 2 bridgehead atoms. The van der Waals surface area contributed by atoms with Gasteiger partial charge in [-0.2, -0.15) is 0 Å². The Bertz CT molecular complexity index is 431. The van der Waals surface area contributed by atoms with E-state index in [-0.39, 0.29) is 0 Å². The Morgan fingerprint density at radius 3 is 2.84 bits per heavy atom. The predicted octanol–water partition coefficient (Wildman–Crippen LogP) is 3.82. The molecule has 0 aliphatic carbocycles. The van der Waals surface area contributed by atoms with Crippen molar-refractivity contribution in [2.24, 2.45) is 0 Å². The molecule has 3 atom stereocenters. The van der Waals surface area contributed by atoms with Crippen LogP contribution in [0.15, 0.2) is 24.3 Å². The van der Waals surface area contributed by atoms with Crippen molar-refractivity contribution >= 4 is 0 Å². The Morgan fingerprint density at radius 2 is 2.05 bits per heavy atom. The second-order valence-corrected chi connectivity index (χ2v) is 6.00. The monoisotopic (exact) mass is 259 g/mol. The first kappa shape index (κ1) is 13.0. The van der Waals surface area contributed by atoms with Gasteiger partial charge in [0.05, 0.1) is 7.11 Å². The van der Waals surface area contributed by atoms with Gasteiger partial charge in [0.2, 0.25) is 0 Å². The molecule has 3 rings (SSSR count). The number of benzene rings is 1. The maximum atomic E-state index is 5.39. The first-order valence-electron chi connectivity index (χ1n) is 7.73. The van der Waals surface area contributed by atoms with E-state index >= 15 is 0 Å². The molecule has 0 aromatic heterocycles. The summed E-state index contributed by atoms with van der Waals surface area (Å²) in [6, 6.07) is 10.4. The van der Waals surface area contributed by atoms with Gasteiger partial charge in [-0.15, -0.1) is 0 Å². The molecule has 1 aromatic rings. The number of hydrogen-bond donors (Lipinski definition) is 0. The van der Waals surface area contributed by atoms with Crippen molar-refractivity contribution in [1.29, 1.82) is 0 Å². The zero-order chi connectivity index (χ0) is 13.2. The van der Waals surface area contributed by atoms with Crippen LogP contribution in [0.3, 0.4) is 0 Å². The predicted molar refractivity (Wildman–Crippen MR) is 78.8 cm³/mol. The molecule has 1 aromatic carbocycles. The van der Waals surface area contributed by atoms with E-state index in [0.717, 1.165) is 17.8 Å². The third-order valence-corrected chi connectivity index (χ3v) is 4.97. The Balaban J connectivity index is 1.83. The Labute approximate surface area is 116 Å². The van der Waals surface area contributed by atoms with Gasteiger partial charge in [0.15, 0.2) is 0 Å². The molecule has 2 aliphatic rings. The molecule has 2 fully saturated rings. The van der Waals surface area contributed by atoms with Crippen LogP contribution in [-0.4, -0.2) is 30.6 Å². The van der Waals surface area contributed by atoms with Crippen LogP contribution in [0.4, 0.5) is 0 Å². The van der Waals surface area contributed by atoms with Gasteiger partial charge < -0.3 is 4.74 Å². The number of nitrogens with zero attached hydrogens (tertiary/aromatic N) is 1. The lowest BCUT2D eigenvalue weighted by atomic mass is 9.84. The molecule has 0 amide bonds. The first-order valence-corrected chi connectivity index (χ1v) is 7.73. The molecule has 2 heterocycles. The van der Waals surface area contributed by atoms with Gasteiger partial charge in [0, 0.05) is 12.1 Å². The summed E-state index contributed by atoms with van der Waals surface area (Å²) >= 11 is 0. The minimum absolute atomic E-state index is 0.709. The fraction of sp³-hybridized carbons (Fsp3) is 0.647. The number of ether oxygens (including phenoxy) is 1. The highest BCUT2D eigenvalue weighted by Crippen LogP contribution is 2.44. The topological polar surface area (TPSA) is 12.5 Å². The highest BCUT2D eigenvalue weighted by atomic mass is 16.5. The van der Waals surface area contributed by atoms with E-state index in [9.17, 15) is 0 Å². The highest BCUT2D eigenvalue weighted by Gasteiger charge is 2.42. The van der Waals surface area contributed by atoms with Crippen LogP contribution in [0.1, 0.15) is 50.5 Å². The lowest BCUT2D eigenvalue weighted by molar-refractivity contribution is 0.121. The maximum absolute atomic E-state index is 5.39. The number of fused-ring (bicyclic) bond motifs is 2. The van der Waals surface area contributed by atoms with Gasteiger partial charge in [-0.3, -0.25) is 4.90 Å². The molecular formula is C17H25NO. The van der Waals surface area contributed by atoms with E-state index in [2.05, 4.69) is 30.0 Å². The molecule has 2 saturated heterocycles. The van der Waals surface area contributed by atoms with Crippen LogP contribution in [0.2, 0.25) is 0 Å². The fourth-order valence-electron chi connectivity index (χ4n) is 4.14. The Morgan fingerprint density at radius 1 is 1.21 bits per heavy atom. The average Bonchev–Trinajstić information content (AvgIpc) is 2.72. The third kappa shape index (κ3) is 2.38. The van der Waals surface area contributed by atoms with Crippen LogP contribution in [0.25, 0.3) is 0 Å². The third-order valence-electron chi connectivity index (χ3n) is 4.97. The SMILES string of the molecule is CCCN1C2CCC(c3cccc(OC)c3)C1CC2. The summed E-state index contributed by atoms with van der Waals surface area (Å²) in [6.07, 6.45) is 6.79.